The van der Waals surface area contributed by atoms with E-state index in [0.29, 0.717) is 11.1 Å². The van der Waals surface area contributed by atoms with Crippen LogP contribution in [-0.2, 0) is 0 Å². The number of halogens is 2. The Morgan fingerprint density at radius 3 is 3.06 bits per heavy atom. The summed E-state index contributed by atoms with van der Waals surface area (Å²) >= 11 is 6.00. The first kappa shape index (κ1) is 13.4. The molecule has 0 radical (unpaired) electrons. The summed E-state index contributed by atoms with van der Waals surface area (Å²) in [5.74, 6) is 0. The van der Waals surface area contributed by atoms with E-state index in [1.165, 1.54) is 0 Å². The molecular formula is C13H15Cl2N3. The van der Waals surface area contributed by atoms with Crippen LogP contribution >= 0.6 is 24.0 Å². The van der Waals surface area contributed by atoms with Crippen LogP contribution in [0.25, 0.3) is 10.9 Å². The monoisotopic (exact) mass is 283 g/mol. The van der Waals surface area contributed by atoms with E-state index in [2.05, 4.69) is 21.7 Å². The summed E-state index contributed by atoms with van der Waals surface area (Å²) in [6.07, 6.45) is 2.84. The van der Waals surface area contributed by atoms with Crippen LogP contribution in [0.15, 0.2) is 30.5 Å². The molecule has 96 valence electrons. The van der Waals surface area contributed by atoms with Crippen molar-refractivity contribution in [2.24, 2.45) is 0 Å². The zero-order valence-electron chi connectivity index (χ0n) is 9.82. The lowest BCUT2D eigenvalue weighted by molar-refractivity contribution is 0.794. The van der Waals surface area contributed by atoms with E-state index in [-0.39, 0.29) is 12.4 Å². The van der Waals surface area contributed by atoms with Crippen molar-refractivity contribution < 1.29 is 0 Å². The number of hydrogen-bond acceptors (Lipinski definition) is 3. The number of rotatable bonds is 2. The molecule has 18 heavy (non-hydrogen) atoms. The molecule has 1 saturated heterocycles. The summed E-state index contributed by atoms with van der Waals surface area (Å²) in [5.41, 5.74) is 2.09. The highest BCUT2D eigenvalue weighted by molar-refractivity contribution is 6.31. The molecule has 0 saturated carbocycles. The molecule has 1 aliphatic heterocycles. The molecular weight excluding hydrogens is 269 g/mol. The standard InChI is InChI=1S/C13H14ClN3.ClH/c14-9-6-11-12(16-7-9)2-1-3-13(11)17-10-4-5-15-8-10;/h1-3,6-7,10,15,17H,4-5,8H2;1H. The minimum absolute atomic E-state index is 0. The van der Waals surface area contributed by atoms with E-state index in [9.17, 15) is 0 Å². The third kappa shape index (κ3) is 2.69. The van der Waals surface area contributed by atoms with E-state index < -0.39 is 0 Å². The third-order valence-electron chi connectivity index (χ3n) is 3.11. The molecule has 1 atom stereocenters. The largest absolute Gasteiger partial charge is 0.380 e. The number of fused-ring (bicyclic) bond motifs is 1. The molecule has 2 aromatic rings. The number of nitrogens with zero attached hydrogens (tertiary/aromatic N) is 1. The Morgan fingerprint density at radius 2 is 2.28 bits per heavy atom. The number of pyridine rings is 1. The van der Waals surface area contributed by atoms with Gasteiger partial charge in [0.25, 0.3) is 0 Å². The first-order valence-corrected chi connectivity index (χ1v) is 6.22. The lowest BCUT2D eigenvalue weighted by Gasteiger charge is -2.14. The van der Waals surface area contributed by atoms with Gasteiger partial charge in [-0.1, -0.05) is 17.7 Å². The minimum Gasteiger partial charge on any atom is -0.380 e. The zero-order chi connectivity index (χ0) is 11.7. The maximum atomic E-state index is 6.00. The van der Waals surface area contributed by atoms with Crippen LogP contribution in [0.5, 0.6) is 0 Å². The summed E-state index contributed by atoms with van der Waals surface area (Å²) < 4.78 is 0. The summed E-state index contributed by atoms with van der Waals surface area (Å²) in [6.45, 7) is 2.10. The van der Waals surface area contributed by atoms with Crippen LogP contribution in [0, 0.1) is 0 Å². The van der Waals surface area contributed by atoms with Crippen molar-refractivity contribution in [1.29, 1.82) is 0 Å². The average molecular weight is 284 g/mol. The van der Waals surface area contributed by atoms with Crippen molar-refractivity contribution in [3.63, 3.8) is 0 Å². The lowest BCUT2D eigenvalue weighted by atomic mass is 10.1. The maximum Gasteiger partial charge on any atom is 0.0723 e. The maximum absolute atomic E-state index is 6.00. The normalized spacial score (nSPS) is 18.6. The second-order valence-electron chi connectivity index (χ2n) is 4.36. The Kier molecular flexibility index (Phi) is 4.27. The Bertz CT molecular complexity index is 539. The predicted molar refractivity (Wildman–Crippen MR) is 78.9 cm³/mol. The summed E-state index contributed by atoms with van der Waals surface area (Å²) in [4.78, 5) is 4.33. The van der Waals surface area contributed by atoms with Crippen LogP contribution in [0.1, 0.15) is 6.42 Å². The molecule has 1 aromatic carbocycles. The SMILES string of the molecule is Cl.Clc1cnc2cccc(NC3CCNC3)c2c1. The van der Waals surface area contributed by atoms with Gasteiger partial charge >= 0.3 is 0 Å². The average Bonchev–Trinajstić information content (AvgIpc) is 2.83. The Morgan fingerprint density at radius 1 is 1.39 bits per heavy atom. The van der Waals surface area contributed by atoms with Crippen LogP contribution in [0.3, 0.4) is 0 Å². The van der Waals surface area contributed by atoms with E-state index in [4.69, 9.17) is 11.6 Å². The minimum atomic E-state index is 0. The molecule has 1 unspecified atom stereocenters. The van der Waals surface area contributed by atoms with Crippen LogP contribution in [0.2, 0.25) is 5.02 Å². The first-order valence-electron chi connectivity index (χ1n) is 5.84. The topological polar surface area (TPSA) is 37.0 Å². The van der Waals surface area contributed by atoms with Gasteiger partial charge in [-0.25, -0.2) is 0 Å². The van der Waals surface area contributed by atoms with E-state index >= 15 is 0 Å². The molecule has 0 spiro atoms. The molecule has 0 aliphatic carbocycles. The van der Waals surface area contributed by atoms with Crippen molar-refractivity contribution in [1.82, 2.24) is 10.3 Å². The van der Waals surface area contributed by atoms with Gasteiger partial charge in [-0.05, 0) is 31.2 Å². The molecule has 1 fully saturated rings. The first-order chi connectivity index (χ1) is 8.33. The van der Waals surface area contributed by atoms with Crippen molar-refractivity contribution in [2.45, 2.75) is 12.5 Å². The van der Waals surface area contributed by atoms with E-state index in [0.717, 1.165) is 36.1 Å². The Labute approximate surface area is 117 Å². The number of nitrogens with one attached hydrogen (secondary N) is 2. The fourth-order valence-corrected chi connectivity index (χ4v) is 2.41. The molecule has 3 rings (SSSR count). The van der Waals surface area contributed by atoms with Gasteiger partial charge in [-0.2, -0.15) is 0 Å². The van der Waals surface area contributed by atoms with Crippen molar-refractivity contribution in [3.8, 4) is 0 Å². The second-order valence-corrected chi connectivity index (χ2v) is 4.80. The highest BCUT2D eigenvalue weighted by Gasteiger charge is 2.14. The number of hydrogen-bond donors (Lipinski definition) is 2. The van der Waals surface area contributed by atoms with Crippen LogP contribution in [0.4, 0.5) is 5.69 Å². The summed E-state index contributed by atoms with van der Waals surface area (Å²) in [5, 5.41) is 8.66. The van der Waals surface area contributed by atoms with Crippen molar-refractivity contribution >= 4 is 40.6 Å². The predicted octanol–water partition coefficient (Wildman–Crippen LogP) is 3.08. The molecule has 0 bridgehead atoms. The number of aromatic nitrogens is 1. The summed E-state index contributed by atoms with van der Waals surface area (Å²) in [7, 11) is 0. The fraction of sp³-hybridized carbons (Fsp3) is 0.308. The quantitative estimate of drug-likeness (QED) is 0.890. The van der Waals surface area contributed by atoms with Gasteiger partial charge in [0.2, 0.25) is 0 Å². The molecule has 2 heterocycles. The third-order valence-corrected chi connectivity index (χ3v) is 3.32. The van der Waals surface area contributed by atoms with Crippen molar-refractivity contribution in [2.75, 3.05) is 18.4 Å². The van der Waals surface area contributed by atoms with Gasteiger partial charge in [0.1, 0.15) is 0 Å². The number of benzene rings is 1. The lowest BCUT2D eigenvalue weighted by Crippen LogP contribution is -2.22. The Hall–Kier alpha value is -1.03. The summed E-state index contributed by atoms with van der Waals surface area (Å²) in [6, 6.07) is 8.57. The molecule has 0 amide bonds. The molecule has 3 nitrogen and oxygen atoms in total. The van der Waals surface area contributed by atoms with Crippen LogP contribution < -0.4 is 10.6 Å². The van der Waals surface area contributed by atoms with E-state index in [1.54, 1.807) is 6.20 Å². The van der Waals surface area contributed by atoms with Gasteiger partial charge in [0, 0.05) is 29.9 Å². The number of anilines is 1. The molecule has 1 aliphatic rings. The smallest absolute Gasteiger partial charge is 0.0723 e. The van der Waals surface area contributed by atoms with Gasteiger partial charge in [-0.3, -0.25) is 4.98 Å². The van der Waals surface area contributed by atoms with Gasteiger partial charge in [-0.15, -0.1) is 12.4 Å². The second kappa shape index (κ2) is 5.74. The highest BCUT2D eigenvalue weighted by Crippen LogP contribution is 2.25. The van der Waals surface area contributed by atoms with E-state index in [1.807, 2.05) is 18.2 Å². The molecule has 1 aromatic heterocycles. The van der Waals surface area contributed by atoms with Crippen molar-refractivity contribution in [3.05, 3.63) is 35.5 Å². The van der Waals surface area contributed by atoms with Gasteiger partial charge in [0.05, 0.1) is 10.5 Å². The zero-order valence-corrected chi connectivity index (χ0v) is 11.4. The molecule has 5 heteroatoms. The van der Waals surface area contributed by atoms with Gasteiger partial charge < -0.3 is 10.6 Å². The van der Waals surface area contributed by atoms with Crippen LogP contribution in [-0.4, -0.2) is 24.1 Å². The molecule has 2 N–H and O–H groups in total. The fourth-order valence-electron chi connectivity index (χ4n) is 2.25. The highest BCUT2D eigenvalue weighted by atomic mass is 35.5. The Balaban J connectivity index is 0.00000120. The van der Waals surface area contributed by atoms with Gasteiger partial charge in [0.15, 0.2) is 0 Å².